The van der Waals surface area contributed by atoms with E-state index in [0.717, 1.165) is 44.6 Å². The highest BCUT2D eigenvalue weighted by atomic mass is 32.1. The number of fused-ring (bicyclic) bond motifs is 1. The summed E-state index contributed by atoms with van der Waals surface area (Å²) in [6.07, 6.45) is 6.71. The molecule has 0 atom stereocenters. The van der Waals surface area contributed by atoms with Gasteiger partial charge in [0.05, 0.1) is 18.8 Å². The summed E-state index contributed by atoms with van der Waals surface area (Å²) in [6, 6.07) is 4.61. The lowest BCUT2D eigenvalue weighted by Gasteiger charge is -2.30. The van der Waals surface area contributed by atoms with E-state index in [1.807, 2.05) is 6.20 Å². The van der Waals surface area contributed by atoms with Gasteiger partial charge in [-0.25, -0.2) is 9.97 Å². The second kappa shape index (κ2) is 6.37. The third kappa shape index (κ3) is 3.43. The molecule has 0 aromatic carbocycles. The van der Waals surface area contributed by atoms with Crippen LogP contribution in [0.2, 0.25) is 0 Å². The fourth-order valence-corrected chi connectivity index (χ4v) is 3.80. The Bertz CT molecular complexity index is 684. The van der Waals surface area contributed by atoms with Crippen LogP contribution >= 0.6 is 11.3 Å². The quantitative estimate of drug-likeness (QED) is 0.843. The van der Waals surface area contributed by atoms with Crippen molar-refractivity contribution in [2.24, 2.45) is 0 Å². The molecule has 6 heteroatoms. The Morgan fingerprint density at radius 3 is 3.13 bits per heavy atom. The van der Waals surface area contributed by atoms with E-state index >= 15 is 0 Å². The molecule has 3 heterocycles. The number of carbonyl (C=O) groups excluding carboxylic acids is 1. The van der Waals surface area contributed by atoms with Gasteiger partial charge in [-0.3, -0.25) is 9.69 Å². The normalized spacial score (nSPS) is 17.7. The van der Waals surface area contributed by atoms with Gasteiger partial charge in [0.25, 0.3) is 0 Å². The van der Waals surface area contributed by atoms with Crippen LogP contribution in [0.25, 0.3) is 0 Å². The van der Waals surface area contributed by atoms with Crippen LogP contribution in [0.3, 0.4) is 0 Å². The Balaban J connectivity index is 1.40. The Labute approximate surface area is 140 Å². The van der Waals surface area contributed by atoms with Crippen molar-refractivity contribution in [2.45, 2.75) is 38.4 Å². The molecule has 2 aromatic heterocycles. The van der Waals surface area contributed by atoms with E-state index in [-0.39, 0.29) is 5.91 Å². The van der Waals surface area contributed by atoms with Crippen molar-refractivity contribution in [2.75, 3.05) is 13.1 Å². The predicted molar refractivity (Wildman–Crippen MR) is 88.9 cm³/mol. The summed E-state index contributed by atoms with van der Waals surface area (Å²) < 4.78 is 0. The number of aromatic nitrogens is 2. The van der Waals surface area contributed by atoms with E-state index < -0.39 is 0 Å². The topological polar surface area (TPSA) is 49.3 Å². The number of hydrogen-bond acceptors (Lipinski definition) is 5. The van der Waals surface area contributed by atoms with Crippen molar-refractivity contribution in [3.05, 3.63) is 46.2 Å². The minimum absolute atomic E-state index is 0.249. The molecule has 120 valence electrons. The van der Waals surface area contributed by atoms with Crippen molar-refractivity contribution in [1.29, 1.82) is 0 Å². The van der Waals surface area contributed by atoms with E-state index in [1.54, 1.807) is 17.7 Å². The maximum Gasteiger partial charge on any atom is 0.237 e. The molecule has 1 aliphatic heterocycles. The van der Waals surface area contributed by atoms with E-state index in [4.69, 9.17) is 0 Å². The number of rotatable bonds is 5. The van der Waals surface area contributed by atoms with Gasteiger partial charge in [-0.15, -0.1) is 11.3 Å². The summed E-state index contributed by atoms with van der Waals surface area (Å²) in [6.45, 7) is 2.91. The van der Waals surface area contributed by atoms with Gasteiger partial charge in [-0.1, -0.05) is 6.07 Å². The summed E-state index contributed by atoms with van der Waals surface area (Å²) in [4.78, 5) is 26.8. The first-order valence-electron chi connectivity index (χ1n) is 8.11. The monoisotopic (exact) mass is 328 g/mol. The molecule has 0 spiro atoms. The first kappa shape index (κ1) is 14.8. The second-order valence-corrected chi connectivity index (χ2v) is 7.32. The molecular formula is C17H20N4OS. The number of thiophene rings is 1. The molecule has 0 unspecified atom stereocenters. The van der Waals surface area contributed by atoms with Crippen LogP contribution < -0.4 is 0 Å². The molecule has 0 radical (unpaired) electrons. The highest BCUT2D eigenvalue weighted by Gasteiger charge is 2.33. The van der Waals surface area contributed by atoms with Crippen LogP contribution in [0.15, 0.2) is 30.0 Å². The van der Waals surface area contributed by atoms with Gasteiger partial charge in [-0.2, -0.15) is 0 Å². The number of amides is 1. The molecule has 2 aromatic rings. The Morgan fingerprint density at radius 1 is 1.43 bits per heavy atom. The minimum atomic E-state index is 0.249. The first-order valence-corrected chi connectivity index (χ1v) is 8.99. The smallest absolute Gasteiger partial charge is 0.237 e. The van der Waals surface area contributed by atoms with Crippen LogP contribution in [-0.2, 0) is 24.3 Å². The molecule has 5 nitrogen and oxygen atoms in total. The lowest BCUT2D eigenvalue weighted by molar-refractivity contribution is -0.133. The van der Waals surface area contributed by atoms with Crippen LogP contribution in [0, 0.1) is 0 Å². The summed E-state index contributed by atoms with van der Waals surface area (Å²) in [5.41, 5.74) is 2.28. The van der Waals surface area contributed by atoms with E-state index in [9.17, 15) is 4.79 Å². The summed E-state index contributed by atoms with van der Waals surface area (Å²) in [5.74, 6) is 0.249. The van der Waals surface area contributed by atoms with Gasteiger partial charge < -0.3 is 4.90 Å². The van der Waals surface area contributed by atoms with Crippen molar-refractivity contribution in [1.82, 2.24) is 19.8 Å². The summed E-state index contributed by atoms with van der Waals surface area (Å²) >= 11 is 1.73. The Hall–Kier alpha value is -1.79. The van der Waals surface area contributed by atoms with Gasteiger partial charge in [0.15, 0.2) is 0 Å². The van der Waals surface area contributed by atoms with Crippen molar-refractivity contribution >= 4 is 17.2 Å². The van der Waals surface area contributed by atoms with Crippen LogP contribution in [-0.4, -0.2) is 44.8 Å². The predicted octanol–water partition coefficient (Wildman–Crippen LogP) is 2.09. The molecular weight excluding hydrogens is 308 g/mol. The number of hydrogen-bond donors (Lipinski definition) is 0. The standard InChI is InChI=1S/C17H20N4OS/c22-17(21(14-3-4-14)9-15-2-1-7-23-15)11-20-6-5-13-8-18-12-19-16(13)10-20/h1-2,7-8,12,14H,3-6,9-11H2. The molecule has 4 rings (SSSR count). The Morgan fingerprint density at radius 2 is 2.35 bits per heavy atom. The molecule has 1 saturated carbocycles. The second-order valence-electron chi connectivity index (χ2n) is 6.29. The Kier molecular flexibility index (Phi) is 4.10. The van der Waals surface area contributed by atoms with Crippen LogP contribution in [0.5, 0.6) is 0 Å². The average molecular weight is 328 g/mol. The fraction of sp³-hybridized carbons (Fsp3) is 0.471. The largest absolute Gasteiger partial charge is 0.333 e. The molecule has 0 bridgehead atoms. The lowest BCUT2D eigenvalue weighted by Crippen LogP contribution is -2.43. The highest BCUT2D eigenvalue weighted by Crippen LogP contribution is 2.29. The molecule has 1 fully saturated rings. The molecule has 0 N–H and O–H groups in total. The first-order chi connectivity index (χ1) is 11.3. The van der Waals surface area contributed by atoms with E-state index in [2.05, 4.69) is 37.3 Å². The molecule has 0 saturated heterocycles. The maximum atomic E-state index is 12.8. The van der Waals surface area contributed by atoms with Gasteiger partial charge in [0.1, 0.15) is 6.33 Å². The van der Waals surface area contributed by atoms with E-state index in [0.29, 0.717) is 12.6 Å². The third-order valence-corrected chi connectivity index (χ3v) is 5.39. The van der Waals surface area contributed by atoms with Gasteiger partial charge in [0.2, 0.25) is 5.91 Å². The zero-order valence-electron chi connectivity index (χ0n) is 13.0. The molecule has 23 heavy (non-hydrogen) atoms. The van der Waals surface area contributed by atoms with E-state index in [1.165, 1.54) is 10.4 Å². The van der Waals surface area contributed by atoms with Crippen molar-refractivity contribution in [3.63, 3.8) is 0 Å². The summed E-state index contributed by atoms with van der Waals surface area (Å²) in [7, 11) is 0. The number of nitrogens with zero attached hydrogens (tertiary/aromatic N) is 4. The molecule has 1 amide bonds. The van der Waals surface area contributed by atoms with Gasteiger partial charge in [-0.05, 0) is 36.3 Å². The molecule has 2 aliphatic rings. The highest BCUT2D eigenvalue weighted by molar-refractivity contribution is 7.09. The third-order valence-electron chi connectivity index (χ3n) is 4.53. The SMILES string of the molecule is O=C(CN1CCc2cncnc2C1)N(Cc1cccs1)C1CC1. The van der Waals surface area contributed by atoms with Crippen LogP contribution in [0.1, 0.15) is 29.0 Å². The van der Waals surface area contributed by atoms with Crippen LogP contribution in [0.4, 0.5) is 0 Å². The van der Waals surface area contributed by atoms with Gasteiger partial charge in [0, 0.05) is 30.2 Å². The zero-order valence-corrected chi connectivity index (χ0v) is 13.8. The minimum Gasteiger partial charge on any atom is -0.333 e. The van der Waals surface area contributed by atoms with Crippen molar-refractivity contribution in [3.8, 4) is 0 Å². The summed E-state index contributed by atoms with van der Waals surface area (Å²) in [5, 5.41) is 2.08. The maximum absolute atomic E-state index is 12.8. The zero-order chi connectivity index (χ0) is 15.6. The average Bonchev–Trinajstić information content (AvgIpc) is 3.28. The van der Waals surface area contributed by atoms with Crippen molar-refractivity contribution < 1.29 is 4.79 Å². The lowest BCUT2D eigenvalue weighted by atomic mass is 10.1. The fourth-order valence-electron chi connectivity index (χ4n) is 3.10. The molecule has 1 aliphatic carbocycles. The number of carbonyl (C=O) groups is 1. The van der Waals surface area contributed by atoms with Gasteiger partial charge >= 0.3 is 0 Å².